The topological polar surface area (TPSA) is 113 Å². The summed E-state index contributed by atoms with van der Waals surface area (Å²) in [6.45, 7) is 0.676. The first-order chi connectivity index (χ1) is 16.7. The summed E-state index contributed by atoms with van der Waals surface area (Å²) in [6.07, 6.45) is 0. The molecule has 4 rings (SSSR count). The Kier molecular flexibility index (Phi) is 6.52. The van der Waals surface area contributed by atoms with Crippen molar-refractivity contribution in [2.45, 2.75) is 6.04 Å². The maximum absolute atomic E-state index is 13.2. The highest BCUT2D eigenvalue weighted by atomic mass is 16.6. The van der Waals surface area contributed by atoms with Gasteiger partial charge in [-0.1, -0.05) is 30.3 Å². The zero-order valence-corrected chi connectivity index (χ0v) is 19.6. The fourth-order valence-electron chi connectivity index (χ4n) is 4.23. The molecule has 0 aliphatic carbocycles. The minimum absolute atomic E-state index is 0.0953. The smallest absolute Gasteiger partial charge is 0.295 e. The number of amides is 1. The minimum Gasteiger partial charge on any atom is -0.507 e. The second-order valence-electron chi connectivity index (χ2n) is 8.58. The number of hydrogen-bond acceptors (Lipinski definition) is 7. The predicted molar refractivity (Wildman–Crippen MR) is 131 cm³/mol. The van der Waals surface area contributed by atoms with Crippen LogP contribution in [0.4, 0.5) is 5.69 Å². The maximum atomic E-state index is 13.2. The molecular weight excluding hydrogens is 450 g/mol. The molecule has 0 saturated carbocycles. The van der Waals surface area contributed by atoms with Crippen LogP contribution in [0.5, 0.6) is 5.75 Å². The summed E-state index contributed by atoms with van der Waals surface area (Å²) in [4.78, 5) is 40.2. The molecule has 0 aromatic heterocycles. The average Bonchev–Trinajstić information content (AvgIpc) is 3.11. The molecular formula is C26H25N3O6. The van der Waals surface area contributed by atoms with Crippen LogP contribution in [0.3, 0.4) is 0 Å². The molecule has 3 aromatic rings. The Bertz CT molecular complexity index is 1360. The van der Waals surface area contributed by atoms with Gasteiger partial charge in [-0.05, 0) is 48.6 Å². The molecule has 1 fully saturated rings. The Morgan fingerprint density at radius 3 is 2.49 bits per heavy atom. The second-order valence-corrected chi connectivity index (χ2v) is 8.58. The Balaban J connectivity index is 1.87. The van der Waals surface area contributed by atoms with Gasteiger partial charge in [0, 0.05) is 30.8 Å². The molecule has 1 N–H and O–H groups in total. The van der Waals surface area contributed by atoms with Crippen molar-refractivity contribution in [2.24, 2.45) is 0 Å². The molecule has 3 aromatic carbocycles. The third kappa shape index (κ3) is 4.58. The zero-order chi connectivity index (χ0) is 25.3. The molecule has 1 saturated heterocycles. The summed E-state index contributed by atoms with van der Waals surface area (Å²) >= 11 is 0. The number of hydrogen-bond donors (Lipinski definition) is 1. The van der Waals surface area contributed by atoms with E-state index in [2.05, 4.69) is 0 Å². The lowest BCUT2D eigenvalue weighted by Crippen LogP contribution is -2.35. The third-order valence-corrected chi connectivity index (χ3v) is 6.05. The first-order valence-corrected chi connectivity index (χ1v) is 11.0. The van der Waals surface area contributed by atoms with Gasteiger partial charge in [0.1, 0.15) is 11.5 Å². The minimum atomic E-state index is -0.957. The number of nitro benzene ring substituents is 1. The van der Waals surface area contributed by atoms with Crippen LogP contribution in [0.25, 0.3) is 16.5 Å². The third-order valence-electron chi connectivity index (χ3n) is 6.05. The lowest BCUT2D eigenvalue weighted by Gasteiger charge is -2.26. The van der Waals surface area contributed by atoms with Gasteiger partial charge >= 0.3 is 0 Å². The summed E-state index contributed by atoms with van der Waals surface area (Å²) in [7, 11) is 5.25. The summed E-state index contributed by atoms with van der Waals surface area (Å²) in [5.74, 6) is -1.22. The summed E-state index contributed by atoms with van der Waals surface area (Å²) in [6, 6.07) is 15.5. The molecule has 0 radical (unpaired) electrons. The van der Waals surface area contributed by atoms with Crippen molar-refractivity contribution in [3.05, 3.63) is 87.5 Å². The molecule has 0 spiro atoms. The molecule has 180 valence electrons. The van der Waals surface area contributed by atoms with E-state index in [0.717, 1.165) is 10.8 Å². The van der Waals surface area contributed by atoms with E-state index >= 15 is 0 Å². The summed E-state index contributed by atoms with van der Waals surface area (Å²) < 4.78 is 5.25. The normalized spacial score (nSPS) is 17.4. The molecule has 1 heterocycles. The molecule has 1 atom stereocenters. The van der Waals surface area contributed by atoms with Crippen molar-refractivity contribution < 1.29 is 24.4 Å². The first-order valence-electron chi connectivity index (χ1n) is 11.0. The van der Waals surface area contributed by atoms with Crippen LogP contribution < -0.4 is 4.74 Å². The number of fused-ring (bicyclic) bond motifs is 1. The van der Waals surface area contributed by atoms with Gasteiger partial charge in [-0.25, -0.2) is 0 Å². The van der Waals surface area contributed by atoms with Crippen molar-refractivity contribution in [3.8, 4) is 5.75 Å². The van der Waals surface area contributed by atoms with Crippen molar-refractivity contribution in [1.29, 1.82) is 0 Å². The molecule has 0 bridgehead atoms. The Labute approximate surface area is 202 Å². The van der Waals surface area contributed by atoms with Gasteiger partial charge in [-0.15, -0.1) is 0 Å². The Hall–Kier alpha value is -4.24. The molecule has 1 amide bonds. The number of carbonyl (C=O) groups excluding carboxylic acids is 2. The largest absolute Gasteiger partial charge is 0.507 e. The number of methoxy groups -OCH3 is 1. The van der Waals surface area contributed by atoms with Crippen LogP contribution in [-0.4, -0.2) is 65.8 Å². The van der Waals surface area contributed by atoms with E-state index in [1.54, 1.807) is 37.4 Å². The van der Waals surface area contributed by atoms with Crippen molar-refractivity contribution >= 4 is 33.9 Å². The van der Waals surface area contributed by atoms with Gasteiger partial charge in [-0.3, -0.25) is 19.7 Å². The maximum Gasteiger partial charge on any atom is 0.295 e. The number of non-ortho nitro benzene ring substituents is 1. The van der Waals surface area contributed by atoms with Crippen LogP contribution in [0.2, 0.25) is 0 Å². The standard InChI is InChI=1S/C26H25N3O6/c1-27(2)11-12-28-23(18-5-4-6-20(14-18)29(33)34)22(25(31)26(28)32)24(30)19-8-7-17-15-21(35-3)10-9-16(17)13-19/h4-10,13-15,23,30H,11-12H2,1-3H3/b24-22+. The predicted octanol–water partition coefficient (Wildman–Crippen LogP) is 3.74. The van der Waals surface area contributed by atoms with E-state index in [1.165, 1.54) is 23.1 Å². The van der Waals surface area contributed by atoms with E-state index in [1.807, 2.05) is 31.1 Å². The number of aliphatic hydroxyl groups is 1. The fraction of sp³-hybridized carbons (Fsp3) is 0.231. The highest BCUT2D eigenvalue weighted by Gasteiger charge is 2.46. The van der Waals surface area contributed by atoms with Gasteiger partial charge in [0.15, 0.2) is 0 Å². The monoisotopic (exact) mass is 475 g/mol. The number of nitro groups is 1. The van der Waals surface area contributed by atoms with E-state index in [4.69, 9.17) is 4.74 Å². The number of likely N-dealkylation sites (tertiary alicyclic amines) is 1. The van der Waals surface area contributed by atoms with Crippen LogP contribution in [0.1, 0.15) is 17.2 Å². The van der Waals surface area contributed by atoms with Gasteiger partial charge in [0.25, 0.3) is 17.4 Å². The highest BCUT2D eigenvalue weighted by Crippen LogP contribution is 2.40. The van der Waals surface area contributed by atoms with E-state index in [0.29, 0.717) is 23.4 Å². The highest BCUT2D eigenvalue weighted by molar-refractivity contribution is 6.46. The lowest BCUT2D eigenvalue weighted by atomic mass is 9.94. The Morgan fingerprint density at radius 1 is 1.09 bits per heavy atom. The SMILES string of the molecule is COc1ccc2cc(/C(O)=C3\C(=O)C(=O)N(CCN(C)C)C3c3cccc([N+](=O)[O-])c3)ccc2c1. The molecule has 35 heavy (non-hydrogen) atoms. The van der Waals surface area contributed by atoms with Crippen LogP contribution in [-0.2, 0) is 9.59 Å². The van der Waals surface area contributed by atoms with Gasteiger partial charge in [-0.2, -0.15) is 0 Å². The van der Waals surface area contributed by atoms with Crippen LogP contribution >= 0.6 is 0 Å². The number of ketones is 1. The van der Waals surface area contributed by atoms with Gasteiger partial charge in [0.2, 0.25) is 0 Å². The van der Waals surface area contributed by atoms with E-state index in [9.17, 15) is 24.8 Å². The number of nitrogens with zero attached hydrogens (tertiary/aromatic N) is 3. The molecule has 1 aliphatic heterocycles. The zero-order valence-electron chi connectivity index (χ0n) is 19.6. The lowest BCUT2D eigenvalue weighted by molar-refractivity contribution is -0.384. The number of ether oxygens (including phenoxy) is 1. The molecule has 9 heteroatoms. The fourth-order valence-corrected chi connectivity index (χ4v) is 4.23. The first kappa shape index (κ1) is 23.9. The average molecular weight is 476 g/mol. The molecule has 9 nitrogen and oxygen atoms in total. The van der Waals surface area contributed by atoms with E-state index in [-0.39, 0.29) is 23.6 Å². The van der Waals surface area contributed by atoms with Crippen molar-refractivity contribution in [3.63, 3.8) is 0 Å². The summed E-state index contributed by atoms with van der Waals surface area (Å²) in [5, 5.41) is 24.4. The number of rotatable bonds is 7. The number of benzene rings is 3. The van der Waals surface area contributed by atoms with Gasteiger partial charge < -0.3 is 19.6 Å². The second kappa shape index (κ2) is 9.55. The van der Waals surface area contributed by atoms with Crippen LogP contribution in [0.15, 0.2) is 66.2 Å². The Morgan fingerprint density at radius 2 is 1.80 bits per heavy atom. The van der Waals surface area contributed by atoms with Crippen molar-refractivity contribution in [1.82, 2.24) is 9.80 Å². The van der Waals surface area contributed by atoms with Crippen LogP contribution in [0, 0.1) is 10.1 Å². The van der Waals surface area contributed by atoms with Crippen molar-refractivity contribution in [2.75, 3.05) is 34.3 Å². The van der Waals surface area contributed by atoms with Gasteiger partial charge in [0.05, 0.1) is 23.6 Å². The quantitative estimate of drug-likeness (QED) is 0.182. The molecule has 1 unspecified atom stereocenters. The van der Waals surface area contributed by atoms with E-state index < -0.39 is 22.7 Å². The number of carbonyl (C=O) groups is 2. The summed E-state index contributed by atoms with van der Waals surface area (Å²) in [5.41, 5.74) is 0.482. The number of likely N-dealkylation sites (N-methyl/N-ethyl adjacent to an activating group) is 1. The number of Topliss-reactive ketones (excluding diaryl/α,β-unsaturated/α-hetero) is 1. The number of aliphatic hydroxyl groups excluding tert-OH is 1. The molecule has 1 aliphatic rings.